The SMILES string of the molecule is CC1OCCC1(CN)Cc1nn(C)c2ccccc12. The van der Waals surface area contributed by atoms with Crippen LogP contribution < -0.4 is 5.73 Å². The van der Waals surface area contributed by atoms with Gasteiger partial charge in [0, 0.05) is 37.4 Å². The van der Waals surface area contributed by atoms with E-state index in [0.717, 1.165) is 25.1 Å². The standard InChI is InChI=1S/C15H21N3O/c1-11-15(10-16,7-8-19-11)9-13-12-5-3-4-6-14(12)18(2)17-13/h3-6,11H,7-10,16H2,1-2H3. The highest BCUT2D eigenvalue weighted by Gasteiger charge is 2.41. The van der Waals surface area contributed by atoms with Crippen molar-refractivity contribution in [3.8, 4) is 0 Å². The molecule has 4 heteroatoms. The highest BCUT2D eigenvalue weighted by atomic mass is 16.5. The number of hydrogen-bond donors (Lipinski definition) is 1. The Morgan fingerprint density at radius 3 is 2.95 bits per heavy atom. The number of fused-ring (bicyclic) bond motifs is 1. The predicted molar refractivity (Wildman–Crippen MR) is 75.9 cm³/mol. The van der Waals surface area contributed by atoms with Gasteiger partial charge in [-0.3, -0.25) is 4.68 Å². The Labute approximate surface area is 113 Å². The molecule has 0 saturated carbocycles. The van der Waals surface area contributed by atoms with Crippen LogP contribution >= 0.6 is 0 Å². The molecule has 1 aromatic carbocycles. The van der Waals surface area contributed by atoms with Crippen molar-refractivity contribution < 1.29 is 4.74 Å². The Balaban J connectivity index is 2.01. The van der Waals surface area contributed by atoms with E-state index in [1.807, 2.05) is 17.8 Å². The van der Waals surface area contributed by atoms with Gasteiger partial charge in [-0.25, -0.2) is 0 Å². The maximum absolute atomic E-state index is 6.04. The van der Waals surface area contributed by atoms with Crippen molar-refractivity contribution in [1.29, 1.82) is 0 Å². The number of ether oxygens (including phenoxy) is 1. The summed E-state index contributed by atoms with van der Waals surface area (Å²) < 4.78 is 7.69. The molecule has 2 atom stereocenters. The Hall–Kier alpha value is -1.39. The second-order valence-corrected chi connectivity index (χ2v) is 5.59. The second kappa shape index (κ2) is 4.62. The van der Waals surface area contributed by atoms with Gasteiger partial charge in [0.2, 0.25) is 0 Å². The minimum absolute atomic E-state index is 0.0388. The molecule has 0 aliphatic carbocycles. The normalized spacial score (nSPS) is 27.2. The Bertz CT molecular complexity index is 592. The summed E-state index contributed by atoms with van der Waals surface area (Å²) in [5, 5.41) is 5.92. The summed E-state index contributed by atoms with van der Waals surface area (Å²) in [7, 11) is 2.00. The van der Waals surface area contributed by atoms with Crippen LogP contribution in [-0.2, 0) is 18.2 Å². The largest absolute Gasteiger partial charge is 0.378 e. The summed E-state index contributed by atoms with van der Waals surface area (Å²) in [5.74, 6) is 0. The maximum Gasteiger partial charge on any atom is 0.0710 e. The van der Waals surface area contributed by atoms with Crippen LogP contribution in [-0.4, -0.2) is 29.0 Å². The molecule has 1 saturated heterocycles. The zero-order valence-electron chi connectivity index (χ0n) is 11.6. The molecule has 102 valence electrons. The summed E-state index contributed by atoms with van der Waals surface area (Å²) >= 11 is 0. The lowest BCUT2D eigenvalue weighted by Gasteiger charge is -2.30. The fourth-order valence-corrected chi connectivity index (χ4v) is 3.14. The number of nitrogens with two attached hydrogens (primary N) is 1. The summed E-state index contributed by atoms with van der Waals surface area (Å²) in [4.78, 5) is 0. The first-order valence-corrected chi connectivity index (χ1v) is 6.88. The third-order valence-corrected chi connectivity index (χ3v) is 4.59. The number of aromatic nitrogens is 2. The van der Waals surface area contributed by atoms with Crippen LogP contribution in [0.5, 0.6) is 0 Å². The first kappa shape index (κ1) is 12.6. The number of nitrogens with zero attached hydrogens (tertiary/aromatic N) is 2. The van der Waals surface area contributed by atoms with Crippen LogP contribution in [0.3, 0.4) is 0 Å². The topological polar surface area (TPSA) is 53.1 Å². The molecule has 1 aliphatic heterocycles. The average molecular weight is 259 g/mol. The molecule has 0 radical (unpaired) electrons. The van der Waals surface area contributed by atoms with Crippen molar-refractivity contribution in [2.45, 2.75) is 25.9 Å². The summed E-state index contributed by atoms with van der Waals surface area (Å²) in [5.41, 5.74) is 8.40. The molecule has 2 aromatic rings. The zero-order chi connectivity index (χ0) is 13.5. The fraction of sp³-hybridized carbons (Fsp3) is 0.533. The van der Waals surface area contributed by atoms with Crippen LogP contribution in [0.2, 0.25) is 0 Å². The minimum Gasteiger partial charge on any atom is -0.378 e. The number of hydrogen-bond acceptors (Lipinski definition) is 3. The lowest BCUT2D eigenvalue weighted by Crippen LogP contribution is -2.38. The van der Waals surface area contributed by atoms with Crippen molar-refractivity contribution in [3.63, 3.8) is 0 Å². The van der Waals surface area contributed by atoms with E-state index in [0.29, 0.717) is 6.54 Å². The highest BCUT2D eigenvalue weighted by Crippen LogP contribution is 2.38. The smallest absolute Gasteiger partial charge is 0.0710 e. The van der Waals surface area contributed by atoms with E-state index >= 15 is 0 Å². The van der Waals surface area contributed by atoms with E-state index in [-0.39, 0.29) is 11.5 Å². The molecule has 1 aromatic heterocycles. The molecule has 19 heavy (non-hydrogen) atoms. The van der Waals surface area contributed by atoms with Gasteiger partial charge in [0.05, 0.1) is 17.3 Å². The lowest BCUT2D eigenvalue weighted by atomic mass is 9.77. The van der Waals surface area contributed by atoms with Gasteiger partial charge in [0.15, 0.2) is 0 Å². The molecular formula is C15H21N3O. The third kappa shape index (κ3) is 1.95. The van der Waals surface area contributed by atoms with Crippen LogP contribution in [0.1, 0.15) is 19.0 Å². The van der Waals surface area contributed by atoms with Crippen molar-refractivity contribution >= 4 is 10.9 Å². The van der Waals surface area contributed by atoms with Gasteiger partial charge in [0.1, 0.15) is 0 Å². The van der Waals surface area contributed by atoms with Crippen molar-refractivity contribution in [2.75, 3.05) is 13.2 Å². The molecule has 0 spiro atoms. The number of rotatable bonds is 3. The first-order valence-electron chi connectivity index (χ1n) is 6.88. The second-order valence-electron chi connectivity index (χ2n) is 5.59. The van der Waals surface area contributed by atoms with Gasteiger partial charge in [-0.15, -0.1) is 0 Å². The van der Waals surface area contributed by atoms with Gasteiger partial charge >= 0.3 is 0 Å². The maximum atomic E-state index is 6.04. The van der Waals surface area contributed by atoms with Gasteiger partial charge < -0.3 is 10.5 Å². The van der Waals surface area contributed by atoms with Crippen LogP contribution in [0.15, 0.2) is 24.3 Å². The van der Waals surface area contributed by atoms with Gasteiger partial charge in [0.25, 0.3) is 0 Å². The van der Waals surface area contributed by atoms with Gasteiger partial charge in [-0.1, -0.05) is 18.2 Å². The van der Waals surface area contributed by atoms with E-state index < -0.39 is 0 Å². The van der Waals surface area contributed by atoms with Crippen LogP contribution in [0.25, 0.3) is 10.9 Å². The summed E-state index contributed by atoms with van der Waals surface area (Å²) in [6, 6.07) is 8.36. The van der Waals surface area contributed by atoms with E-state index in [4.69, 9.17) is 10.5 Å². The molecule has 3 rings (SSSR count). The molecule has 2 heterocycles. The molecular weight excluding hydrogens is 238 g/mol. The zero-order valence-corrected chi connectivity index (χ0v) is 11.6. The minimum atomic E-state index is 0.0388. The van der Waals surface area contributed by atoms with Crippen LogP contribution in [0.4, 0.5) is 0 Å². The number of aryl methyl sites for hydroxylation is 1. The third-order valence-electron chi connectivity index (χ3n) is 4.59. The molecule has 2 N–H and O–H groups in total. The van der Waals surface area contributed by atoms with Gasteiger partial charge in [-0.05, 0) is 19.4 Å². The van der Waals surface area contributed by atoms with Crippen LogP contribution in [0, 0.1) is 5.41 Å². The highest BCUT2D eigenvalue weighted by molar-refractivity contribution is 5.81. The Morgan fingerprint density at radius 1 is 1.47 bits per heavy atom. The molecule has 0 amide bonds. The number of para-hydroxylation sites is 1. The van der Waals surface area contributed by atoms with E-state index in [2.05, 4.69) is 30.2 Å². The lowest BCUT2D eigenvalue weighted by molar-refractivity contribution is 0.0670. The quantitative estimate of drug-likeness (QED) is 0.915. The van der Waals surface area contributed by atoms with Crippen molar-refractivity contribution in [1.82, 2.24) is 9.78 Å². The van der Waals surface area contributed by atoms with E-state index in [9.17, 15) is 0 Å². The van der Waals surface area contributed by atoms with Gasteiger partial charge in [-0.2, -0.15) is 5.10 Å². The van der Waals surface area contributed by atoms with Crippen molar-refractivity contribution in [3.05, 3.63) is 30.0 Å². The molecule has 0 bridgehead atoms. The van der Waals surface area contributed by atoms with E-state index in [1.54, 1.807) is 0 Å². The monoisotopic (exact) mass is 259 g/mol. The summed E-state index contributed by atoms with van der Waals surface area (Å²) in [6.07, 6.45) is 2.12. The molecule has 4 nitrogen and oxygen atoms in total. The fourth-order valence-electron chi connectivity index (χ4n) is 3.14. The predicted octanol–water partition coefficient (Wildman–Crippen LogP) is 1.87. The van der Waals surface area contributed by atoms with E-state index in [1.165, 1.54) is 10.9 Å². The molecule has 1 fully saturated rings. The molecule has 1 aliphatic rings. The Morgan fingerprint density at radius 2 is 2.26 bits per heavy atom. The average Bonchev–Trinajstić information content (AvgIpc) is 2.94. The van der Waals surface area contributed by atoms with Crippen molar-refractivity contribution in [2.24, 2.45) is 18.2 Å². The first-order chi connectivity index (χ1) is 9.16. The number of benzene rings is 1. The summed E-state index contributed by atoms with van der Waals surface area (Å²) in [6.45, 7) is 3.59. The molecule has 2 unspecified atom stereocenters. The Kier molecular flexibility index (Phi) is 3.07.